The lowest BCUT2D eigenvalue weighted by molar-refractivity contribution is -0.119. The summed E-state index contributed by atoms with van der Waals surface area (Å²) in [6.45, 7) is 4.18. The van der Waals surface area contributed by atoms with Crippen molar-refractivity contribution < 1.29 is 13.2 Å². The SMILES string of the molecule is CC(C)c1cccc(NC(=O)[C@@H]2CCS(=O)(=O)C2)c1. The van der Waals surface area contributed by atoms with Gasteiger partial charge in [0.25, 0.3) is 0 Å². The number of anilines is 1. The maximum atomic E-state index is 12.0. The van der Waals surface area contributed by atoms with Crippen LogP contribution in [0.25, 0.3) is 0 Å². The molecular formula is C14H19NO3S. The van der Waals surface area contributed by atoms with Gasteiger partial charge < -0.3 is 5.32 Å². The van der Waals surface area contributed by atoms with Crippen LogP contribution < -0.4 is 5.32 Å². The van der Waals surface area contributed by atoms with E-state index in [9.17, 15) is 13.2 Å². The van der Waals surface area contributed by atoms with Crippen LogP contribution in [0.15, 0.2) is 24.3 Å². The maximum absolute atomic E-state index is 12.0. The molecule has 0 unspecified atom stereocenters. The fourth-order valence-corrected chi connectivity index (χ4v) is 3.96. The van der Waals surface area contributed by atoms with Gasteiger partial charge in [-0.1, -0.05) is 26.0 Å². The molecule has 5 heteroatoms. The smallest absolute Gasteiger partial charge is 0.228 e. The number of amides is 1. The summed E-state index contributed by atoms with van der Waals surface area (Å²) in [5.41, 5.74) is 1.89. The van der Waals surface area contributed by atoms with E-state index in [4.69, 9.17) is 0 Å². The van der Waals surface area contributed by atoms with Gasteiger partial charge in [0, 0.05) is 5.69 Å². The fourth-order valence-electron chi connectivity index (χ4n) is 2.22. The zero-order chi connectivity index (χ0) is 14.0. The Labute approximate surface area is 114 Å². The molecule has 1 saturated heterocycles. The summed E-state index contributed by atoms with van der Waals surface area (Å²) in [7, 11) is -3.02. The number of carbonyl (C=O) groups is 1. The Morgan fingerprint density at radius 1 is 1.37 bits per heavy atom. The minimum absolute atomic E-state index is 0.0251. The minimum Gasteiger partial charge on any atom is -0.326 e. The molecule has 0 spiro atoms. The molecule has 1 amide bonds. The van der Waals surface area contributed by atoms with Crippen LogP contribution in [0.4, 0.5) is 5.69 Å². The first-order valence-electron chi connectivity index (χ1n) is 6.48. The first kappa shape index (κ1) is 14.1. The Bertz CT molecular complexity index is 578. The zero-order valence-corrected chi connectivity index (χ0v) is 12.0. The standard InChI is InChI=1S/C14H19NO3S/c1-10(2)11-4-3-5-13(8-11)15-14(16)12-6-7-19(17,18)9-12/h3-5,8,10,12H,6-7,9H2,1-2H3,(H,15,16)/t12-/m1/s1. The number of benzene rings is 1. The van der Waals surface area contributed by atoms with Crippen LogP contribution in [0, 0.1) is 5.92 Å². The average Bonchev–Trinajstić information content (AvgIpc) is 2.70. The van der Waals surface area contributed by atoms with Crippen molar-refractivity contribution in [3.05, 3.63) is 29.8 Å². The molecular weight excluding hydrogens is 262 g/mol. The van der Waals surface area contributed by atoms with Gasteiger partial charge in [-0.05, 0) is 30.0 Å². The third kappa shape index (κ3) is 3.56. The summed E-state index contributed by atoms with van der Waals surface area (Å²) in [6, 6.07) is 7.68. The molecule has 1 aromatic rings. The molecule has 1 fully saturated rings. The summed E-state index contributed by atoms with van der Waals surface area (Å²) in [5, 5.41) is 2.81. The fraction of sp³-hybridized carbons (Fsp3) is 0.500. The first-order chi connectivity index (χ1) is 8.87. The van der Waals surface area contributed by atoms with Gasteiger partial charge in [-0.25, -0.2) is 8.42 Å². The third-order valence-electron chi connectivity index (χ3n) is 3.42. The highest BCUT2D eigenvalue weighted by Gasteiger charge is 2.32. The van der Waals surface area contributed by atoms with Gasteiger partial charge in [0.15, 0.2) is 9.84 Å². The van der Waals surface area contributed by atoms with Crippen molar-refractivity contribution in [2.45, 2.75) is 26.2 Å². The molecule has 1 aromatic carbocycles. The quantitative estimate of drug-likeness (QED) is 0.923. The lowest BCUT2D eigenvalue weighted by atomic mass is 10.0. The summed E-state index contributed by atoms with van der Waals surface area (Å²) < 4.78 is 22.7. The van der Waals surface area contributed by atoms with E-state index in [1.807, 2.05) is 24.3 Å². The van der Waals surface area contributed by atoms with Crippen LogP contribution >= 0.6 is 0 Å². The Morgan fingerprint density at radius 2 is 2.11 bits per heavy atom. The molecule has 0 bridgehead atoms. The molecule has 0 aliphatic carbocycles. The second-order valence-corrected chi connectivity index (χ2v) is 7.60. The Kier molecular flexibility index (Phi) is 3.94. The van der Waals surface area contributed by atoms with Crippen LogP contribution in [0.2, 0.25) is 0 Å². The molecule has 104 valence electrons. The van der Waals surface area contributed by atoms with E-state index in [2.05, 4.69) is 19.2 Å². The molecule has 0 aromatic heterocycles. The maximum Gasteiger partial charge on any atom is 0.228 e. The van der Waals surface area contributed by atoms with E-state index in [0.717, 1.165) is 11.3 Å². The lowest BCUT2D eigenvalue weighted by Crippen LogP contribution is -2.23. The van der Waals surface area contributed by atoms with Crippen molar-refractivity contribution in [1.82, 2.24) is 0 Å². The molecule has 1 aliphatic heterocycles. The van der Waals surface area contributed by atoms with E-state index in [1.165, 1.54) is 0 Å². The van der Waals surface area contributed by atoms with Crippen LogP contribution in [0.3, 0.4) is 0 Å². The van der Waals surface area contributed by atoms with Crippen molar-refractivity contribution in [2.24, 2.45) is 5.92 Å². The first-order valence-corrected chi connectivity index (χ1v) is 8.31. The summed E-state index contributed by atoms with van der Waals surface area (Å²) in [6.07, 6.45) is 0.429. The number of rotatable bonds is 3. The van der Waals surface area contributed by atoms with E-state index >= 15 is 0 Å². The highest BCUT2D eigenvalue weighted by atomic mass is 32.2. The predicted octanol–water partition coefficient (Wildman–Crippen LogP) is 2.18. The number of nitrogens with one attached hydrogen (secondary N) is 1. The van der Waals surface area contributed by atoms with Gasteiger partial charge >= 0.3 is 0 Å². The summed E-state index contributed by atoms with van der Waals surface area (Å²) >= 11 is 0. The normalized spacial score (nSPS) is 21.5. The zero-order valence-electron chi connectivity index (χ0n) is 11.2. The second-order valence-electron chi connectivity index (χ2n) is 5.37. The Hall–Kier alpha value is -1.36. The van der Waals surface area contributed by atoms with Crippen molar-refractivity contribution in [3.8, 4) is 0 Å². The van der Waals surface area contributed by atoms with E-state index in [-0.39, 0.29) is 17.4 Å². The molecule has 0 saturated carbocycles. The number of hydrogen-bond acceptors (Lipinski definition) is 3. The molecule has 19 heavy (non-hydrogen) atoms. The van der Waals surface area contributed by atoms with Gasteiger partial charge in [0.2, 0.25) is 5.91 Å². The van der Waals surface area contributed by atoms with Crippen molar-refractivity contribution in [1.29, 1.82) is 0 Å². The Balaban J connectivity index is 2.05. The largest absolute Gasteiger partial charge is 0.326 e. The molecule has 4 nitrogen and oxygen atoms in total. The average molecular weight is 281 g/mol. The predicted molar refractivity (Wildman–Crippen MR) is 75.9 cm³/mol. The van der Waals surface area contributed by atoms with Crippen LogP contribution in [0.5, 0.6) is 0 Å². The topological polar surface area (TPSA) is 63.2 Å². The Morgan fingerprint density at radius 3 is 2.68 bits per heavy atom. The number of hydrogen-bond donors (Lipinski definition) is 1. The van der Waals surface area contributed by atoms with Crippen LogP contribution in [-0.2, 0) is 14.6 Å². The molecule has 1 N–H and O–H groups in total. The van der Waals surface area contributed by atoms with Gasteiger partial charge in [0.05, 0.1) is 17.4 Å². The number of sulfone groups is 1. The van der Waals surface area contributed by atoms with Crippen molar-refractivity contribution >= 4 is 21.4 Å². The van der Waals surface area contributed by atoms with Gasteiger partial charge in [-0.15, -0.1) is 0 Å². The molecule has 0 radical (unpaired) electrons. The lowest BCUT2D eigenvalue weighted by Gasteiger charge is -2.12. The minimum atomic E-state index is -3.02. The van der Waals surface area contributed by atoms with Gasteiger partial charge in [-0.3, -0.25) is 4.79 Å². The van der Waals surface area contributed by atoms with Crippen LogP contribution in [0.1, 0.15) is 31.7 Å². The van der Waals surface area contributed by atoms with E-state index in [1.54, 1.807) is 0 Å². The highest BCUT2D eigenvalue weighted by Crippen LogP contribution is 2.22. The summed E-state index contributed by atoms with van der Waals surface area (Å²) in [4.78, 5) is 12.0. The van der Waals surface area contributed by atoms with E-state index in [0.29, 0.717) is 12.3 Å². The van der Waals surface area contributed by atoms with Crippen molar-refractivity contribution in [3.63, 3.8) is 0 Å². The molecule has 1 heterocycles. The highest BCUT2D eigenvalue weighted by molar-refractivity contribution is 7.91. The second kappa shape index (κ2) is 5.33. The monoisotopic (exact) mass is 281 g/mol. The van der Waals surface area contributed by atoms with E-state index < -0.39 is 15.8 Å². The van der Waals surface area contributed by atoms with Crippen molar-refractivity contribution in [2.75, 3.05) is 16.8 Å². The summed E-state index contributed by atoms with van der Waals surface area (Å²) in [5.74, 6) is -0.113. The van der Waals surface area contributed by atoms with Gasteiger partial charge in [0.1, 0.15) is 0 Å². The molecule has 2 rings (SSSR count). The molecule has 1 aliphatic rings. The van der Waals surface area contributed by atoms with Gasteiger partial charge in [-0.2, -0.15) is 0 Å². The third-order valence-corrected chi connectivity index (χ3v) is 5.19. The molecule has 1 atom stereocenters. The van der Waals surface area contributed by atoms with Crippen LogP contribution in [-0.4, -0.2) is 25.8 Å². The number of carbonyl (C=O) groups excluding carboxylic acids is 1.